The van der Waals surface area contributed by atoms with Crippen LogP contribution in [0.1, 0.15) is 24.7 Å². The molecule has 0 radical (unpaired) electrons. The highest BCUT2D eigenvalue weighted by atomic mass is 16.5. The number of tetrazole rings is 1. The largest absolute Gasteiger partial charge is 0.468 e. The fourth-order valence-electron chi connectivity index (χ4n) is 2.28. The van der Waals surface area contributed by atoms with Gasteiger partial charge in [0.2, 0.25) is 0 Å². The van der Waals surface area contributed by atoms with E-state index in [1.54, 1.807) is 0 Å². The zero-order valence-corrected chi connectivity index (χ0v) is 10.9. The first-order valence-electron chi connectivity index (χ1n) is 6.46. The molecule has 104 valence electrons. The predicted octanol–water partition coefficient (Wildman–Crippen LogP) is -0.618. The van der Waals surface area contributed by atoms with Crippen LogP contribution < -0.4 is 0 Å². The Morgan fingerprint density at radius 3 is 3.11 bits per heavy atom. The topological polar surface area (TPSA) is 82.4 Å². The molecule has 1 saturated carbocycles. The number of ether oxygens (including phenoxy) is 2. The van der Waals surface area contributed by atoms with Gasteiger partial charge in [0.25, 0.3) is 0 Å². The Bertz CT molecular complexity index is 459. The summed E-state index contributed by atoms with van der Waals surface area (Å²) in [5, 5.41) is 11.8. The lowest BCUT2D eigenvalue weighted by Crippen LogP contribution is -2.50. The molecule has 1 saturated heterocycles. The molecule has 1 aliphatic carbocycles. The molecule has 0 bridgehead atoms. The maximum Gasteiger partial charge on any atom is 0.325 e. The molecule has 1 unspecified atom stereocenters. The third kappa shape index (κ3) is 2.59. The van der Waals surface area contributed by atoms with E-state index < -0.39 is 0 Å². The van der Waals surface area contributed by atoms with Gasteiger partial charge in [-0.05, 0) is 23.3 Å². The molecule has 0 amide bonds. The van der Waals surface area contributed by atoms with Gasteiger partial charge in [0.05, 0.1) is 32.9 Å². The van der Waals surface area contributed by atoms with Crippen molar-refractivity contribution in [2.75, 3.05) is 26.9 Å². The van der Waals surface area contributed by atoms with Crippen molar-refractivity contribution in [3.05, 3.63) is 5.82 Å². The predicted molar refractivity (Wildman–Crippen MR) is 63.1 cm³/mol. The summed E-state index contributed by atoms with van der Waals surface area (Å²) in [5.41, 5.74) is 0. The summed E-state index contributed by atoms with van der Waals surface area (Å²) in [6, 6.07) is 0.0609. The molecule has 1 aromatic heterocycles. The van der Waals surface area contributed by atoms with Crippen LogP contribution in [0, 0.1) is 0 Å². The minimum Gasteiger partial charge on any atom is -0.468 e. The minimum absolute atomic E-state index is 0.273. The van der Waals surface area contributed by atoms with Gasteiger partial charge in [-0.15, -0.1) is 5.10 Å². The van der Waals surface area contributed by atoms with E-state index >= 15 is 0 Å². The maximum atomic E-state index is 11.7. The van der Waals surface area contributed by atoms with Crippen LogP contribution in [0.4, 0.5) is 0 Å². The van der Waals surface area contributed by atoms with E-state index in [1.165, 1.54) is 7.11 Å². The van der Waals surface area contributed by atoms with Gasteiger partial charge in [-0.25, -0.2) is 4.68 Å². The van der Waals surface area contributed by atoms with Crippen molar-refractivity contribution in [2.24, 2.45) is 0 Å². The van der Waals surface area contributed by atoms with Crippen molar-refractivity contribution in [3.63, 3.8) is 0 Å². The van der Waals surface area contributed by atoms with Gasteiger partial charge >= 0.3 is 5.97 Å². The summed E-state index contributed by atoms with van der Waals surface area (Å²) < 4.78 is 12.0. The highest BCUT2D eigenvalue weighted by Gasteiger charge is 2.33. The van der Waals surface area contributed by atoms with Crippen LogP contribution in [0.2, 0.25) is 0 Å². The lowest BCUT2D eigenvalue weighted by Gasteiger charge is -2.32. The standard InChI is InChI=1S/C11H17N5O3/c1-18-11(17)9-7-19-5-4-15(9)6-10-12-13-14-16(10)8-2-3-8/h8-9H,2-7H2,1H3. The lowest BCUT2D eigenvalue weighted by molar-refractivity contribution is -0.153. The molecular formula is C11H17N5O3. The summed E-state index contributed by atoms with van der Waals surface area (Å²) >= 11 is 0. The number of nitrogens with zero attached hydrogens (tertiary/aromatic N) is 5. The van der Waals surface area contributed by atoms with Crippen LogP contribution >= 0.6 is 0 Å². The van der Waals surface area contributed by atoms with E-state index in [0.29, 0.717) is 32.3 Å². The molecule has 2 heterocycles. The van der Waals surface area contributed by atoms with Crippen molar-refractivity contribution in [2.45, 2.75) is 31.5 Å². The number of aromatic nitrogens is 4. The number of hydrogen-bond acceptors (Lipinski definition) is 7. The Morgan fingerprint density at radius 1 is 1.53 bits per heavy atom. The van der Waals surface area contributed by atoms with Gasteiger partial charge in [-0.2, -0.15) is 0 Å². The number of carbonyl (C=O) groups is 1. The van der Waals surface area contributed by atoms with Gasteiger partial charge in [0, 0.05) is 6.54 Å². The maximum absolute atomic E-state index is 11.7. The van der Waals surface area contributed by atoms with Crippen LogP contribution in [-0.4, -0.2) is 64.0 Å². The Balaban J connectivity index is 1.72. The second kappa shape index (κ2) is 5.22. The van der Waals surface area contributed by atoms with E-state index in [0.717, 1.165) is 18.7 Å². The van der Waals surface area contributed by atoms with Crippen molar-refractivity contribution < 1.29 is 14.3 Å². The van der Waals surface area contributed by atoms with Crippen LogP contribution in [0.15, 0.2) is 0 Å². The van der Waals surface area contributed by atoms with E-state index in [9.17, 15) is 4.79 Å². The molecule has 1 atom stereocenters. The first kappa shape index (κ1) is 12.5. The van der Waals surface area contributed by atoms with E-state index in [2.05, 4.69) is 15.5 Å². The van der Waals surface area contributed by atoms with E-state index in [-0.39, 0.29) is 12.0 Å². The molecule has 2 fully saturated rings. The third-order valence-electron chi connectivity index (χ3n) is 3.51. The molecule has 1 aromatic rings. The second-order valence-electron chi connectivity index (χ2n) is 4.86. The number of rotatable bonds is 4. The highest BCUT2D eigenvalue weighted by Crippen LogP contribution is 2.34. The average Bonchev–Trinajstić information content (AvgIpc) is 3.19. The zero-order chi connectivity index (χ0) is 13.2. The number of hydrogen-bond donors (Lipinski definition) is 0. The van der Waals surface area contributed by atoms with E-state index in [1.807, 2.05) is 9.58 Å². The fraction of sp³-hybridized carbons (Fsp3) is 0.818. The fourth-order valence-corrected chi connectivity index (χ4v) is 2.28. The van der Waals surface area contributed by atoms with Gasteiger partial charge in [0.1, 0.15) is 6.04 Å². The molecule has 0 aromatic carbocycles. The summed E-state index contributed by atoms with van der Waals surface area (Å²) in [6.45, 7) is 2.19. The number of esters is 1. The second-order valence-corrected chi connectivity index (χ2v) is 4.86. The zero-order valence-electron chi connectivity index (χ0n) is 10.9. The van der Waals surface area contributed by atoms with Crippen LogP contribution in [0.5, 0.6) is 0 Å². The van der Waals surface area contributed by atoms with Gasteiger partial charge in [-0.3, -0.25) is 9.69 Å². The Labute approximate surface area is 110 Å². The summed E-state index contributed by atoms with van der Waals surface area (Å²) in [7, 11) is 1.39. The molecule has 19 heavy (non-hydrogen) atoms. The Kier molecular flexibility index (Phi) is 3.43. The van der Waals surface area contributed by atoms with Crippen molar-refractivity contribution in [3.8, 4) is 0 Å². The number of carbonyl (C=O) groups excluding carboxylic acids is 1. The molecule has 8 nitrogen and oxygen atoms in total. The smallest absolute Gasteiger partial charge is 0.325 e. The van der Waals surface area contributed by atoms with Crippen molar-refractivity contribution >= 4 is 5.97 Å². The first-order valence-corrected chi connectivity index (χ1v) is 6.46. The average molecular weight is 267 g/mol. The normalized spacial score (nSPS) is 24.4. The summed E-state index contributed by atoms with van der Waals surface area (Å²) in [5.74, 6) is 0.531. The quantitative estimate of drug-likeness (QED) is 0.672. The van der Waals surface area contributed by atoms with Gasteiger partial charge < -0.3 is 9.47 Å². The molecule has 0 spiro atoms. The molecule has 3 rings (SSSR count). The highest BCUT2D eigenvalue weighted by molar-refractivity contribution is 5.75. The van der Waals surface area contributed by atoms with Gasteiger partial charge in [0.15, 0.2) is 5.82 Å². The summed E-state index contributed by atoms with van der Waals surface area (Å²) in [4.78, 5) is 13.7. The molecule has 0 N–H and O–H groups in total. The third-order valence-corrected chi connectivity index (χ3v) is 3.51. The molecule has 1 aliphatic heterocycles. The Morgan fingerprint density at radius 2 is 2.37 bits per heavy atom. The van der Waals surface area contributed by atoms with E-state index in [4.69, 9.17) is 9.47 Å². The number of morpholine rings is 1. The van der Waals surface area contributed by atoms with Gasteiger partial charge in [-0.1, -0.05) is 0 Å². The van der Waals surface area contributed by atoms with Crippen LogP contribution in [-0.2, 0) is 20.8 Å². The lowest BCUT2D eigenvalue weighted by atomic mass is 10.2. The number of methoxy groups -OCH3 is 1. The van der Waals surface area contributed by atoms with Crippen molar-refractivity contribution in [1.82, 2.24) is 25.1 Å². The minimum atomic E-state index is -0.372. The molecule has 8 heteroatoms. The van der Waals surface area contributed by atoms with Crippen LogP contribution in [0.3, 0.4) is 0 Å². The SMILES string of the molecule is COC(=O)C1COCCN1Cc1nnnn1C1CC1. The molecular weight excluding hydrogens is 250 g/mol. The van der Waals surface area contributed by atoms with Crippen molar-refractivity contribution in [1.29, 1.82) is 0 Å². The monoisotopic (exact) mass is 267 g/mol. The molecule has 2 aliphatic rings. The Hall–Kier alpha value is -1.54. The summed E-state index contributed by atoms with van der Waals surface area (Å²) in [6.07, 6.45) is 2.25. The van der Waals surface area contributed by atoms with Crippen LogP contribution in [0.25, 0.3) is 0 Å². The first-order chi connectivity index (χ1) is 9.29.